The molecule has 142 valence electrons. The molecule has 0 radical (unpaired) electrons. The standard InChI is InChI=1S/C17H22N4O2S2.ClH/c1-11-20-21-14(24-11)2-6-19-16(22)13-10-12-3-9-23-17(15(12)25-13)4-7-18-8-5-17;/h10,18H,2-9H2,1H3,(H,19,22);1H. The van der Waals surface area contributed by atoms with Crippen LogP contribution >= 0.6 is 35.1 Å². The van der Waals surface area contributed by atoms with Gasteiger partial charge in [-0.25, -0.2) is 0 Å². The van der Waals surface area contributed by atoms with Crippen molar-refractivity contribution in [1.29, 1.82) is 0 Å². The summed E-state index contributed by atoms with van der Waals surface area (Å²) in [6.45, 7) is 5.22. The molecular weight excluding hydrogens is 392 g/mol. The first kappa shape index (κ1) is 19.7. The summed E-state index contributed by atoms with van der Waals surface area (Å²) in [7, 11) is 0. The molecule has 1 spiro atoms. The summed E-state index contributed by atoms with van der Waals surface area (Å²) in [5.74, 6) is 0.00437. The zero-order valence-corrected chi connectivity index (χ0v) is 17.1. The van der Waals surface area contributed by atoms with Gasteiger partial charge in [0.25, 0.3) is 5.91 Å². The van der Waals surface area contributed by atoms with Crippen LogP contribution in [0, 0.1) is 6.92 Å². The lowest BCUT2D eigenvalue weighted by Crippen LogP contribution is -2.43. The van der Waals surface area contributed by atoms with E-state index in [4.69, 9.17) is 4.74 Å². The van der Waals surface area contributed by atoms with Crippen molar-refractivity contribution in [2.24, 2.45) is 0 Å². The van der Waals surface area contributed by atoms with Crippen molar-refractivity contribution in [2.45, 2.75) is 38.2 Å². The summed E-state index contributed by atoms with van der Waals surface area (Å²) in [6, 6.07) is 2.07. The van der Waals surface area contributed by atoms with E-state index >= 15 is 0 Å². The highest BCUT2D eigenvalue weighted by Gasteiger charge is 2.41. The molecule has 26 heavy (non-hydrogen) atoms. The summed E-state index contributed by atoms with van der Waals surface area (Å²) in [5.41, 5.74) is 1.12. The second kappa shape index (κ2) is 8.31. The molecule has 2 aromatic rings. The Morgan fingerprint density at radius 3 is 2.88 bits per heavy atom. The largest absolute Gasteiger partial charge is 0.369 e. The second-order valence-corrected chi connectivity index (χ2v) is 8.85. The molecule has 2 aliphatic heterocycles. The number of nitrogens with zero attached hydrogens (tertiary/aromatic N) is 2. The molecule has 0 aliphatic carbocycles. The van der Waals surface area contributed by atoms with Gasteiger partial charge >= 0.3 is 0 Å². The van der Waals surface area contributed by atoms with E-state index in [0.717, 1.165) is 60.3 Å². The number of hydrogen-bond donors (Lipinski definition) is 2. The minimum absolute atomic E-state index is 0. The monoisotopic (exact) mass is 414 g/mol. The van der Waals surface area contributed by atoms with E-state index in [2.05, 4.69) is 26.9 Å². The van der Waals surface area contributed by atoms with E-state index in [0.29, 0.717) is 6.54 Å². The number of carbonyl (C=O) groups is 1. The molecule has 4 rings (SSSR count). The minimum atomic E-state index is -0.174. The molecule has 0 saturated carbocycles. The minimum Gasteiger partial charge on any atom is -0.369 e. The Labute approximate surface area is 167 Å². The van der Waals surface area contributed by atoms with Crippen molar-refractivity contribution in [1.82, 2.24) is 20.8 Å². The number of rotatable bonds is 4. The van der Waals surface area contributed by atoms with E-state index in [1.54, 1.807) is 22.7 Å². The highest BCUT2D eigenvalue weighted by atomic mass is 35.5. The van der Waals surface area contributed by atoms with Crippen LogP contribution in [0.4, 0.5) is 0 Å². The highest BCUT2D eigenvalue weighted by Crippen LogP contribution is 2.44. The van der Waals surface area contributed by atoms with E-state index in [-0.39, 0.29) is 23.9 Å². The number of halogens is 1. The second-order valence-electron chi connectivity index (χ2n) is 6.53. The Balaban J connectivity index is 0.00000196. The predicted octanol–water partition coefficient (Wildman–Crippen LogP) is 2.45. The summed E-state index contributed by atoms with van der Waals surface area (Å²) in [5, 5.41) is 16.4. The lowest BCUT2D eigenvalue weighted by Gasteiger charge is -2.40. The van der Waals surface area contributed by atoms with E-state index < -0.39 is 0 Å². The first-order valence-electron chi connectivity index (χ1n) is 8.71. The normalized spacial score (nSPS) is 18.2. The lowest BCUT2D eigenvalue weighted by atomic mass is 9.86. The van der Waals surface area contributed by atoms with Crippen LogP contribution in [0.5, 0.6) is 0 Å². The molecule has 4 heterocycles. The van der Waals surface area contributed by atoms with Gasteiger partial charge in [-0.05, 0) is 50.9 Å². The molecule has 9 heteroatoms. The molecule has 1 fully saturated rings. The first-order valence-corrected chi connectivity index (χ1v) is 10.3. The van der Waals surface area contributed by atoms with Crippen molar-refractivity contribution in [3.8, 4) is 0 Å². The maximum atomic E-state index is 12.5. The maximum Gasteiger partial charge on any atom is 0.261 e. The number of thiophene rings is 1. The van der Waals surface area contributed by atoms with Crippen LogP contribution < -0.4 is 10.6 Å². The molecule has 0 atom stereocenters. The van der Waals surface area contributed by atoms with Gasteiger partial charge in [-0.15, -0.1) is 45.3 Å². The van der Waals surface area contributed by atoms with Crippen molar-refractivity contribution < 1.29 is 9.53 Å². The average Bonchev–Trinajstić information content (AvgIpc) is 3.23. The van der Waals surface area contributed by atoms with Crippen LogP contribution in [0.2, 0.25) is 0 Å². The fraction of sp³-hybridized carbons (Fsp3) is 0.588. The SMILES string of the molecule is Cc1nnc(CCNC(=O)c2cc3c(s2)C2(CCNCC2)OCC3)s1.Cl. The molecule has 0 bridgehead atoms. The number of fused-ring (bicyclic) bond motifs is 2. The number of nitrogens with one attached hydrogen (secondary N) is 2. The molecule has 1 saturated heterocycles. The van der Waals surface area contributed by atoms with Gasteiger partial charge < -0.3 is 15.4 Å². The first-order chi connectivity index (χ1) is 12.2. The molecule has 6 nitrogen and oxygen atoms in total. The Morgan fingerprint density at radius 2 is 2.15 bits per heavy atom. The summed E-state index contributed by atoms with van der Waals surface area (Å²) in [6.07, 6.45) is 3.59. The summed E-state index contributed by atoms with van der Waals surface area (Å²) >= 11 is 3.19. The Hall–Kier alpha value is -1.06. The van der Waals surface area contributed by atoms with Gasteiger partial charge in [0.15, 0.2) is 0 Å². The molecule has 2 aromatic heterocycles. The number of aryl methyl sites for hydroxylation is 1. The number of aromatic nitrogens is 2. The summed E-state index contributed by atoms with van der Waals surface area (Å²) < 4.78 is 6.19. The fourth-order valence-corrected chi connectivity index (χ4v) is 5.58. The van der Waals surface area contributed by atoms with Gasteiger partial charge in [0, 0.05) is 17.8 Å². The molecule has 2 aliphatic rings. The number of piperidine rings is 1. The van der Waals surface area contributed by atoms with Gasteiger partial charge in [0.2, 0.25) is 0 Å². The van der Waals surface area contributed by atoms with E-state index in [9.17, 15) is 4.79 Å². The quantitative estimate of drug-likeness (QED) is 0.803. The maximum absolute atomic E-state index is 12.5. The third-order valence-corrected chi connectivity index (χ3v) is 7.06. The number of ether oxygens (including phenoxy) is 1. The average molecular weight is 415 g/mol. The number of hydrogen-bond acceptors (Lipinski definition) is 7. The van der Waals surface area contributed by atoms with E-state index in [1.165, 1.54) is 10.4 Å². The zero-order valence-electron chi connectivity index (χ0n) is 14.7. The van der Waals surface area contributed by atoms with E-state index in [1.807, 2.05) is 6.92 Å². The van der Waals surface area contributed by atoms with Crippen LogP contribution in [0.15, 0.2) is 6.07 Å². The smallest absolute Gasteiger partial charge is 0.261 e. The molecule has 2 N–H and O–H groups in total. The van der Waals surface area contributed by atoms with Crippen molar-refractivity contribution in [2.75, 3.05) is 26.2 Å². The van der Waals surface area contributed by atoms with Crippen LogP contribution in [0.1, 0.15) is 43.0 Å². The predicted molar refractivity (Wildman–Crippen MR) is 106 cm³/mol. The number of amides is 1. The molecule has 0 unspecified atom stereocenters. The molecule has 0 aromatic carbocycles. The zero-order chi connectivity index (χ0) is 17.3. The Bertz CT molecular complexity index is 771. The Morgan fingerprint density at radius 1 is 1.35 bits per heavy atom. The Kier molecular flexibility index (Phi) is 6.29. The van der Waals surface area contributed by atoms with Gasteiger partial charge in [-0.1, -0.05) is 0 Å². The van der Waals surface area contributed by atoms with Gasteiger partial charge in [-0.3, -0.25) is 4.79 Å². The van der Waals surface area contributed by atoms with Crippen LogP contribution in [0.3, 0.4) is 0 Å². The topological polar surface area (TPSA) is 76.1 Å². The van der Waals surface area contributed by atoms with Crippen molar-refractivity contribution in [3.63, 3.8) is 0 Å². The van der Waals surface area contributed by atoms with Gasteiger partial charge in [0.05, 0.1) is 11.5 Å². The number of carbonyl (C=O) groups excluding carboxylic acids is 1. The van der Waals surface area contributed by atoms with Crippen molar-refractivity contribution >= 4 is 41.0 Å². The van der Waals surface area contributed by atoms with Crippen LogP contribution in [-0.2, 0) is 23.2 Å². The summed E-state index contributed by atoms with van der Waals surface area (Å²) in [4.78, 5) is 14.6. The third kappa shape index (κ3) is 3.94. The lowest BCUT2D eigenvalue weighted by molar-refractivity contribution is -0.0771. The van der Waals surface area contributed by atoms with Gasteiger partial charge in [0.1, 0.15) is 15.6 Å². The van der Waals surface area contributed by atoms with Crippen molar-refractivity contribution in [3.05, 3.63) is 31.4 Å². The molecular formula is C17H23ClN4O2S2. The highest BCUT2D eigenvalue weighted by molar-refractivity contribution is 7.14. The van der Waals surface area contributed by atoms with Crippen LogP contribution in [-0.4, -0.2) is 42.3 Å². The van der Waals surface area contributed by atoms with Crippen LogP contribution in [0.25, 0.3) is 0 Å². The molecule has 1 amide bonds. The fourth-order valence-electron chi connectivity index (χ4n) is 3.54. The van der Waals surface area contributed by atoms with Gasteiger partial charge in [-0.2, -0.15) is 0 Å². The third-order valence-electron chi connectivity index (χ3n) is 4.80.